The lowest BCUT2D eigenvalue weighted by Gasteiger charge is -2.38. The van der Waals surface area contributed by atoms with Gasteiger partial charge >= 0.3 is 12.1 Å². The SMILES string of the molecule is CC1CCC(C(=O)N(c2ccc(Oc3ncc(Cn4ccc5cccnc54)cc3C(F)(F)F)cc2C(=O)O)C2CCCCC2)CC1. The van der Waals surface area contributed by atoms with Crippen LogP contribution in [0.3, 0.4) is 0 Å². The fourth-order valence-electron chi connectivity index (χ4n) is 6.82. The molecule has 1 N–H and O–H groups in total. The number of pyridine rings is 2. The fourth-order valence-corrected chi connectivity index (χ4v) is 6.82. The van der Waals surface area contributed by atoms with E-state index >= 15 is 0 Å². The zero-order valence-corrected chi connectivity index (χ0v) is 25.7. The van der Waals surface area contributed by atoms with Gasteiger partial charge in [-0.15, -0.1) is 0 Å². The van der Waals surface area contributed by atoms with Crippen LogP contribution >= 0.6 is 0 Å². The highest BCUT2D eigenvalue weighted by Crippen LogP contribution is 2.40. The first-order valence-electron chi connectivity index (χ1n) is 15.9. The predicted octanol–water partition coefficient (Wildman–Crippen LogP) is 8.48. The molecule has 4 aromatic rings. The Balaban J connectivity index is 1.31. The monoisotopic (exact) mass is 634 g/mol. The second-order valence-corrected chi connectivity index (χ2v) is 12.6. The predicted molar refractivity (Wildman–Crippen MR) is 167 cm³/mol. The Kier molecular flexibility index (Phi) is 9.02. The van der Waals surface area contributed by atoms with Crippen LogP contribution in [0, 0.1) is 11.8 Å². The van der Waals surface area contributed by atoms with E-state index in [4.69, 9.17) is 4.74 Å². The molecule has 1 aromatic carbocycles. The van der Waals surface area contributed by atoms with E-state index in [1.165, 1.54) is 24.4 Å². The number of aromatic nitrogens is 3. The molecule has 2 aliphatic rings. The van der Waals surface area contributed by atoms with Gasteiger partial charge in [0.25, 0.3) is 0 Å². The number of hydrogen-bond acceptors (Lipinski definition) is 5. The first-order chi connectivity index (χ1) is 22.1. The summed E-state index contributed by atoms with van der Waals surface area (Å²) in [5.74, 6) is -1.81. The van der Waals surface area contributed by atoms with Gasteiger partial charge < -0.3 is 19.3 Å². The zero-order valence-electron chi connectivity index (χ0n) is 25.7. The van der Waals surface area contributed by atoms with Crippen LogP contribution in [0.5, 0.6) is 11.6 Å². The molecule has 242 valence electrons. The maximum absolute atomic E-state index is 14.3. The molecular formula is C35H37F3N4O4. The molecule has 0 aliphatic heterocycles. The normalized spacial score (nSPS) is 19.2. The minimum absolute atomic E-state index is 0.0720. The maximum Gasteiger partial charge on any atom is 0.421 e. The number of aromatic carboxylic acids is 1. The van der Waals surface area contributed by atoms with Crippen molar-refractivity contribution in [1.82, 2.24) is 14.5 Å². The number of ether oxygens (including phenoxy) is 1. The number of fused-ring (bicyclic) bond motifs is 1. The molecular weight excluding hydrogens is 597 g/mol. The molecule has 0 radical (unpaired) electrons. The number of benzene rings is 1. The van der Waals surface area contributed by atoms with Crippen molar-refractivity contribution in [2.45, 2.75) is 83.5 Å². The van der Waals surface area contributed by atoms with Crippen molar-refractivity contribution in [2.24, 2.45) is 11.8 Å². The second-order valence-electron chi connectivity index (χ2n) is 12.6. The highest BCUT2D eigenvalue weighted by molar-refractivity contribution is 6.03. The summed E-state index contributed by atoms with van der Waals surface area (Å²) in [4.78, 5) is 36.6. The van der Waals surface area contributed by atoms with E-state index in [1.54, 1.807) is 27.9 Å². The number of alkyl halides is 3. The molecule has 0 spiro atoms. The third-order valence-corrected chi connectivity index (χ3v) is 9.30. The van der Waals surface area contributed by atoms with Gasteiger partial charge in [0, 0.05) is 35.9 Å². The van der Waals surface area contributed by atoms with Crippen LogP contribution in [0.2, 0.25) is 0 Å². The smallest absolute Gasteiger partial charge is 0.421 e. The van der Waals surface area contributed by atoms with Crippen LogP contribution in [0.4, 0.5) is 18.9 Å². The number of hydrogen-bond donors (Lipinski definition) is 1. The molecule has 3 heterocycles. The topological polar surface area (TPSA) is 97.6 Å². The van der Waals surface area contributed by atoms with Crippen molar-refractivity contribution in [3.8, 4) is 11.6 Å². The largest absolute Gasteiger partial charge is 0.478 e. The number of carboxylic acids is 1. The van der Waals surface area contributed by atoms with Crippen LogP contribution in [0.1, 0.15) is 86.2 Å². The third kappa shape index (κ3) is 6.73. The molecule has 0 bridgehead atoms. The number of anilines is 1. The highest BCUT2D eigenvalue weighted by Gasteiger charge is 2.37. The Morgan fingerprint density at radius 2 is 1.76 bits per heavy atom. The summed E-state index contributed by atoms with van der Waals surface area (Å²) in [6.07, 6.45) is 7.77. The van der Waals surface area contributed by atoms with E-state index in [9.17, 15) is 27.9 Å². The van der Waals surface area contributed by atoms with Crippen molar-refractivity contribution in [3.63, 3.8) is 0 Å². The second kappa shape index (κ2) is 13.1. The molecule has 46 heavy (non-hydrogen) atoms. The minimum atomic E-state index is -4.79. The van der Waals surface area contributed by atoms with Crippen molar-refractivity contribution in [3.05, 3.63) is 77.7 Å². The van der Waals surface area contributed by atoms with Crippen molar-refractivity contribution >= 4 is 28.6 Å². The van der Waals surface area contributed by atoms with Gasteiger partial charge in [-0.2, -0.15) is 13.2 Å². The number of carbonyl (C=O) groups excluding carboxylic acids is 1. The van der Waals surface area contributed by atoms with Crippen LogP contribution in [-0.4, -0.2) is 37.6 Å². The van der Waals surface area contributed by atoms with Gasteiger partial charge in [0.05, 0.1) is 17.8 Å². The van der Waals surface area contributed by atoms with Gasteiger partial charge in [-0.1, -0.05) is 26.2 Å². The van der Waals surface area contributed by atoms with Crippen LogP contribution in [-0.2, 0) is 17.5 Å². The number of rotatable bonds is 8. The lowest BCUT2D eigenvalue weighted by atomic mass is 9.81. The van der Waals surface area contributed by atoms with Gasteiger partial charge in [0.1, 0.15) is 17.0 Å². The summed E-state index contributed by atoms with van der Waals surface area (Å²) in [5.41, 5.74) is -0.0967. The van der Waals surface area contributed by atoms with Crippen LogP contribution in [0.25, 0.3) is 11.0 Å². The first-order valence-corrected chi connectivity index (χ1v) is 15.9. The molecule has 2 aliphatic carbocycles. The van der Waals surface area contributed by atoms with E-state index in [1.807, 2.05) is 12.1 Å². The van der Waals surface area contributed by atoms with E-state index in [0.717, 1.165) is 69.2 Å². The summed E-state index contributed by atoms with van der Waals surface area (Å²) in [6.45, 7) is 2.29. The zero-order chi connectivity index (χ0) is 32.4. The third-order valence-electron chi connectivity index (χ3n) is 9.30. The van der Waals surface area contributed by atoms with E-state index in [-0.39, 0.29) is 41.4 Å². The quantitative estimate of drug-likeness (QED) is 0.209. The maximum atomic E-state index is 14.3. The molecule has 2 fully saturated rings. The van der Waals surface area contributed by atoms with Crippen LogP contribution in [0.15, 0.2) is 61.1 Å². The average Bonchev–Trinajstić information content (AvgIpc) is 3.45. The Morgan fingerprint density at radius 3 is 2.48 bits per heavy atom. The fraction of sp³-hybridized carbons (Fsp3) is 0.429. The van der Waals surface area contributed by atoms with Gasteiger partial charge in [-0.25, -0.2) is 14.8 Å². The number of nitrogens with zero attached hydrogens (tertiary/aromatic N) is 4. The lowest BCUT2D eigenvalue weighted by molar-refractivity contribution is -0.139. The van der Waals surface area contributed by atoms with Gasteiger partial charge in [0.2, 0.25) is 11.8 Å². The van der Waals surface area contributed by atoms with Crippen molar-refractivity contribution < 1.29 is 32.6 Å². The molecule has 1 amide bonds. The Labute approximate surface area is 265 Å². The summed E-state index contributed by atoms with van der Waals surface area (Å²) in [7, 11) is 0. The van der Waals surface area contributed by atoms with Crippen LogP contribution < -0.4 is 9.64 Å². The first kappa shape index (κ1) is 31.6. The molecule has 0 atom stereocenters. The summed E-state index contributed by atoms with van der Waals surface area (Å²) in [6, 6.07) is 10.4. The van der Waals surface area contributed by atoms with Crippen molar-refractivity contribution in [2.75, 3.05) is 4.90 Å². The summed E-state index contributed by atoms with van der Waals surface area (Å²) in [5, 5.41) is 11.1. The summed E-state index contributed by atoms with van der Waals surface area (Å²) >= 11 is 0. The number of carbonyl (C=O) groups is 2. The molecule has 6 rings (SSSR count). The van der Waals surface area contributed by atoms with E-state index in [2.05, 4.69) is 16.9 Å². The molecule has 0 unspecified atom stereocenters. The van der Waals surface area contributed by atoms with Crippen molar-refractivity contribution in [1.29, 1.82) is 0 Å². The minimum Gasteiger partial charge on any atom is -0.478 e. The molecule has 8 nitrogen and oxygen atoms in total. The standard InChI is InChI=1S/C35H37F3N4O4/c1-22-9-11-25(12-10-22)33(43)42(26-7-3-2-4-8-26)30-14-13-27(19-28(30)34(44)45)46-32-29(35(36,37)38)18-23(20-40-32)21-41-17-15-24-6-5-16-39-31(24)41/h5-6,13-20,22,25-26H,2-4,7-12,21H2,1H3,(H,44,45). The van der Waals surface area contributed by atoms with Gasteiger partial charge in [-0.3, -0.25) is 4.79 Å². The Bertz CT molecular complexity index is 1720. The molecule has 2 saturated carbocycles. The Morgan fingerprint density at radius 1 is 1.00 bits per heavy atom. The summed E-state index contributed by atoms with van der Waals surface area (Å²) < 4.78 is 50.1. The number of halogens is 3. The van der Waals surface area contributed by atoms with E-state index in [0.29, 0.717) is 17.1 Å². The van der Waals surface area contributed by atoms with Gasteiger partial charge in [-0.05, 0) is 92.5 Å². The molecule has 3 aromatic heterocycles. The van der Waals surface area contributed by atoms with E-state index < -0.39 is 23.6 Å². The molecule has 0 saturated heterocycles. The lowest BCUT2D eigenvalue weighted by Crippen LogP contribution is -2.46. The number of carboxylic acid groups (broad SMARTS) is 1. The number of amides is 1. The molecule has 11 heteroatoms. The van der Waals surface area contributed by atoms with Gasteiger partial charge in [0.15, 0.2) is 0 Å². The Hall–Kier alpha value is -4.41. The highest BCUT2D eigenvalue weighted by atomic mass is 19.4. The average molecular weight is 635 g/mol.